The molecular formula is C23H23N3O2. The number of amides is 2. The van der Waals surface area contributed by atoms with Gasteiger partial charge in [-0.05, 0) is 60.4 Å². The fourth-order valence-corrected chi connectivity index (χ4v) is 2.90. The summed E-state index contributed by atoms with van der Waals surface area (Å²) in [4.78, 5) is 23.6. The van der Waals surface area contributed by atoms with Crippen LogP contribution in [0.2, 0.25) is 0 Å². The van der Waals surface area contributed by atoms with E-state index in [1.165, 1.54) is 12.5 Å². The Morgan fingerprint density at radius 2 is 1.50 bits per heavy atom. The van der Waals surface area contributed by atoms with Gasteiger partial charge < -0.3 is 16.4 Å². The van der Waals surface area contributed by atoms with E-state index in [1.54, 1.807) is 24.3 Å². The second-order valence-corrected chi connectivity index (χ2v) is 6.62. The number of aryl methyl sites for hydroxylation is 2. The molecule has 0 unspecified atom stereocenters. The SMILES string of the molecule is CC(=O)Nc1ccc(C(=O)Nc2cc(CCc3ccccc3)ccc2N)cc1. The number of hydrogen-bond donors (Lipinski definition) is 3. The highest BCUT2D eigenvalue weighted by molar-refractivity contribution is 6.06. The Labute approximate surface area is 164 Å². The van der Waals surface area contributed by atoms with Crippen molar-refractivity contribution in [3.05, 3.63) is 89.5 Å². The molecule has 5 nitrogen and oxygen atoms in total. The molecule has 28 heavy (non-hydrogen) atoms. The largest absolute Gasteiger partial charge is 0.397 e. The van der Waals surface area contributed by atoms with E-state index in [4.69, 9.17) is 5.73 Å². The Morgan fingerprint density at radius 1 is 0.821 bits per heavy atom. The van der Waals surface area contributed by atoms with Crippen molar-refractivity contribution in [3.8, 4) is 0 Å². The van der Waals surface area contributed by atoms with Crippen molar-refractivity contribution in [1.82, 2.24) is 0 Å². The lowest BCUT2D eigenvalue weighted by molar-refractivity contribution is -0.114. The molecule has 0 fully saturated rings. The number of rotatable bonds is 6. The first-order valence-electron chi connectivity index (χ1n) is 9.12. The molecule has 0 atom stereocenters. The molecule has 3 rings (SSSR count). The van der Waals surface area contributed by atoms with Crippen LogP contribution in [0, 0.1) is 0 Å². The highest BCUT2D eigenvalue weighted by atomic mass is 16.2. The molecular weight excluding hydrogens is 350 g/mol. The van der Waals surface area contributed by atoms with E-state index < -0.39 is 0 Å². The Bertz CT molecular complexity index is 967. The fraction of sp³-hybridized carbons (Fsp3) is 0.130. The highest BCUT2D eigenvalue weighted by Gasteiger charge is 2.09. The first-order valence-corrected chi connectivity index (χ1v) is 9.12. The predicted molar refractivity (Wildman–Crippen MR) is 113 cm³/mol. The summed E-state index contributed by atoms with van der Waals surface area (Å²) in [6.45, 7) is 1.44. The van der Waals surface area contributed by atoms with Gasteiger partial charge in [-0.25, -0.2) is 0 Å². The van der Waals surface area contributed by atoms with E-state index >= 15 is 0 Å². The van der Waals surface area contributed by atoms with Crippen LogP contribution in [0.25, 0.3) is 0 Å². The smallest absolute Gasteiger partial charge is 0.255 e. The van der Waals surface area contributed by atoms with E-state index in [1.807, 2.05) is 36.4 Å². The van der Waals surface area contributed by atoms with E-state index in [9.17, 15) is 9.59 Å². The Balaban J connectivity index is 1.67. The van der Waals surface area contributed by atoms with Crippen molar-refractivity contribution in [3.63, 3.8) is 0 Å². The van der Waals surface area contributed by atoms with Crippen LogP contribution in [-0.4, -0.2) is 11.8 Å². The molecule has 5 heteroatoms. The number of nitrogens with two attached hydrogens (primary N) is 1. The van der Waals surface area contributed by atoms with Gasteiger partial charge in [-0.15, -0.1) is 0 Å². The lowest BCUT2D eigenvalue weighted by Gasteiger charge is -2.11. The van der Waals surface area contributed by atoms with Gasteiger partial charge in [0.15, 0.2) is 0 Å². The van der Waals surface area contributed by atoms with Crippen molar-refractivity contribution in [2.75, 3.05) is 16.4 Å². The predicted octanol–water partition coefficient (Wildman–Crippen LogP) is 4.26. The summed E-state index contributed by atoms with van der Waals surface area (Å²) < 4.78 is 0. The first kappa shape index (κ1) is 19.2. The maximum Gasteiger partial charge on any atom is 0.255 e. The molecule has 2 amide bonds. The number of nitrogen functional groups attached to an aromatic ring is 1. The van der Waals surface area contributed by atoms with Gasteiger partial charge in [0.2, 0.25) is 5.91 Å². The number of carbonyl (C=O) groups is 2. The van der Waals surface area contributed by atoms with Crippen LogP contribution < -0.4 is 16.4 Å². The average Bonchev–Trinajstić information content (AvgIpc) is 2.69. The van der Waals surface area contributed by atoms with Gasteiger partial charge in [0.05, 0.1) is 11.4 Å². The molecule has 3 aromatic carbocycles. The average molecular weight is 373 g/mol. The zero-order valence-electron chi connectivity index (χ0n) is 15.7. The molecule has 0 aliphatic heterocycles. The lowest BCUT2D eigenvalue weighted by atomic mass is 10.0. The Kier molecular flexibility index (Phi) is 6.07. The fourth-order valence-electron chi connectivity index (χ4n) is 2.90. The topological polar surface area (TPSA) is 84.2 Å². The summed E-state index contributed by atoms with van der Waals surface area (Å²) in [7, 11) is 0. The molecule has 3 aromatic rings. The molecule has 0 radical (unpaired) electrons. The van der Waals surface area contributed by atoms with E-state index in [0.717, 1.165) is 18.4 Å². The number of benzene rings is 3. The van der Waals surface area contributed by atoms with Gasteiger partial charge in [-0.2, -0.15) is 0 Å². The van der Waals surface area contributed by atoms with Gasteiger partial charge in [-0.1, -0.05) is 36.4 Å². The third kappa shape index (κ3) is 5.20. The minimum absolute atomic E-state index is 0.155. The summed E-state index contributed by atoms with van der Waals surface area (Å²) >= 11 is 0. The van der Waals surface area contributed by atoms with Crippen molar-refractivity contribution in [2.24, 2.45) is 0 Å². The monoisotopic (exact) mass is 373 g/mol. The number of hydrogen-bond acceptors (Lipinski definition) is 3. The molecule has 0 saturated heterocycles. The van der Waals surface area contributed by atoms with Crippen LogP contribution in [0.1, 0.15) is 28.4 Å². The maximum absolute atomic E-state index is 12.5. The highest BCUT2D eigenvalue weighted by Crippen LogP contribution is 2.22. The van der Waals surface area contributed by atoms with Crippen LogP contribution in [0.5, 0.6) is 0 Å². The van der Waals surface area contributed by atoms with Gasteiger partial charge in [0.25, 0.3) is 5.91 Å². The molecule has 142 valence electrons. The van der Waals surface area contributed by atoms with E-state index in [0.29, 0.717) is 22.6 Å². The van der Waals surface area contributed by atoms with Gasteiger partial charge in [-0.3, -0.25) is 9.59 Å². The molecule has 0 aromatic heterocycles. The van der Waals surface area contributed by atoms with Crippen molar-refractivity contribution in [2.45, 2.75) is 19.8 Å². The minimum Gasteiger partial charge on any atom is -0.397 e. The zero-order valence-corrected chi connectivity index (χ0v) is 15.7. The van der Waals surface area contributed by atoms with Crippen molar-refractivity contribution >= 4 is 28.9 Å². The Morgan fingerprint density at radius 3 is 2.18 bits per heavy atom. The molecule has 4 N–H and O–H groups in total. The first-order chi connectivity index (χ1) is 13.5. The molecule has 0 bridgehead atoms. The summed E-state index contributed by atoms with van der Waals surface area (Å²) in [5, 5.41) is 5.55. The van der Waals surface area contributed by atoms with E-state index in [2.05, 4.69) is 22.8 Å². The second-order valence-electron chi connectivity index (χ2n) is 6.62. The van der Waals surface area contributed by atoms with Crippen LogP contribution >= 0.6 is 0 Å². The van der Waals surface area contributed by atoms with Crippen LogP contribution in [0.15, 0.2) is 72.8 Å². The number of carbonyl (C=O) groups excluding carboxylic acids is 2. The standard InChI is InChI=1S/C23H23N3O2/c1-16(27)25-20-12-10-19(11-13-20)23(28)26-22-15-18(9-14-21(22)24)8-7-17-5-3-2-4-6-17/h2-6,9-15H,7-8,24H2,1H3,(H,25,27)(H,26,28). The summed E-state index contributed by atoms with van der Waals surface area (Å²) in [6.07, 6.45) is 1.78. The van der Waals surface area contributed by atoms with Crippen LogP contribution in [0.4, 0.5) is 17.1 Å². The van der Waals surface area contributed by atoms with Crippen LogP contribution in [-0.2, 0) is 17.6 Å². The van der Waals surface area contributed by atoms with Gasteiger partial charge in [0, 0.05) is 18.2 Å². The lowest BCUT2D eigenvalue weighted by Crippen LogP contribution is -2.14. The third-order valence-electron chi connectivity index (χ3n) is 4.38. The maximum atomic E-state index is 12.5. The third-order valence-corrected chi connectivity index (χ3v) is 4.38. The van der Waals surface area contributed by atoms with Crippen LogP contribution in [0.3, 0.4) is 0 Å². The molecule has 0 heterocycles. The normalized spacial score (nSPS) is 10.3. The van der Waals surface area contributed by atoms with E-state index in [-0.39, 0.29) is 11.8 Å². The molecule has 0 aliphatic rings. The second kappa shape index (κ2) is 8.86. The number of anilines is 3. The van der Waals surface area contributed by atoms with Crippen molar-refractivity contribution in [1.29, 1.82) is 0 Å². The van der Waals surface area contributed by atoms with Gasteiger partial charge in [0.1, 0.15) is 0 Å². The molecule has 0 aliphatic carbocycles. The molecule has 0 spiro atoms. The van der Waals surface area contributed by atoms with Gasteiger partial charge >= 0.3 is 0 Å². The van der Waals surface area contributed by atoms with Crippen molar-refractivity contribution < 1.29 is 9.59 Å². The summed E-state index contributed by atoms with van der Waals surface area (Å²) in [6, 6.07) is 22.7. The Hall–Kier alpha value is -3.60. The quantitative estimate of drug-likeness (QED) is 0.564. The number of nitrogens with one attached hydrogen (secondary N) is 2. The summed E-state index contributed by atoms with van der Waals surface area (Å²) in [5.74, 6) is -0.404. The minimum atomic E-state index is -0.249. The zero-order chi connectivity index (χ0) is 19.9. The molecule has 0 saturated carbocycles. The summed E-state index contributed by atoms with van der Waals surface area (Å²) in [5.41, 5.74) is 10.7.